The molecule has 0 fully saturated rings. The smallest absolute Gasteiger partial charge is 0.269 e. The maximum atomic E-state index is 12.4. The van der Waals surface area contributed by atoms with Crippen molar-refractivity contribution in [2.24, 2.45) is 0 Å². The van der Waals surface area contributed by atoms with Gasteiger partial charge in [-0.3, -0.25) is 14.7 Å². The van der Waals surface area contributed by atoms with E-state index in [1.54, 1.807) is 6.92 Å². The Morgan fingerprint density at radius 3 is 2.67 bits per heavy atom. The number of H-pyrrole nitrogens is 2. The van der Waals surface area contributed by atoms with Crippen LogP contribution in [-0.2, 0) is 6.54 Å². The molecule has 3 rings (SSSR count). The third-order valence-corrected chi connectivity index (χ3v) is 3.63. The van der Waals surface area contributed by atoms with Crippen LogP contribution in [0.1, 0.15) is 27.6 Å². The van der Waals surface area contributed by atoms with Crippen LogP contribution in [0.25, 0.3) is 11.3 Å². The van der Waals surface area contributed by atoms with Gasteiger partial charge in [0.2, 0.25) is 0 Å². The predicted molar refractivity (Wildman–Crippen MR) is 89.5 cm³/mol. The first-order valence-electron chi connectivity index (χ1n) is 7.50. The van der Waals surface area contributed by atoms with E-state index in [2.05, 4.69) is 25.5 Å². The molecule has 1 aromatic carbocycles. The third kappa shape index (κ3) is 3.24. The summed E-state index contributed by atoms with van der Waals surface area (Å²) in [6.07, 6.45) is 0. The monoisotopic (exact) mass is 323 g/mol. The van der Waals surface area contributed by atoms with Crippen molar-refractivity contribution in [3.05, 3.63) is 69.5 Å². The normalized spacial score (nSPS) is 10.6. The van der Waals surface area contributed by atoms with Crippen LogP contribution in [0.5, 0.6) is 0 Å². The standard InChI is InChI=1S/C17H17N5O2/c1-10-15(12-6-4-3-5-7-12)21-22-16(10)17(24)18-9-13-8-14(23)20-11(2)19-13/h3-8H,9H2,1-2H3,(H,18,24)(H,21,22)(H,19,20,23). The maximum Gasteiger partial charge on any atom is 0.269 e. The van der Waals surface area contributed by atoms with Crippen molar-refractivity contribution < 1.29 is 4.79 Å². The van der Waals surface area contributed by atoms with Crippen molar-refractivity contribution in [3.63, 3.8) is 0 Å². The third-order valence-electron chi connectivity index (χ3n) is 3.63. The summed E-state index contributed by atoms with van der Waals surface area (Å²) < 4.78 is 0. The molecule has 0 radical (unpaired) electrons. The lowest BCUT2D eigenvalue weighted by atomic mass is 10.1. The van der Waals surface area contributed by atoms with E-state index < -0.39 is 0 Å². The largest absolute Gasteiger partial charge is 0.345 e. The summed E-state index contributed by atoms with van der Waals surface area (Å²) in [7, 11) is 0. The summed E-state index contributed by atoms with van der Waals surface area (Å²) in [6.45, 7) is 3.71. The van der Waals surface area contributed by atoms with E-state index in [1.807, 2.05) is 37.3 Å². The molecule has 0 saturated carbocycles. The summed E-state index contributed by atoms with van der Waals surface area (Å²) in [5, 5.41) is 9.76. The molecule has 3 aromatic rings. The Morgan fingerprint density at radius 2 is 1.96 bits per heavy atom. The van der Waals surface area contributed by atoms with Gasteiger partial charge in [-0.2, -0.15) is 5.10 Å². The molecule has 0 aliphatic carbocycles. The van der Waals surface area contributed by atoms with Crippen LogP contribution in [0, 0.1) is 13.8 Å². The number of hydrogen-bond donors (Lipinski definition) is 3. The number of benzene rings is 1. The van der Waals surface area contributed by atoms with E-state index in [4.69, 9.17) is 0 Å². The summed E-state index contributed by atoms with van der Waals surface area (Å²) in [5.74, 6) is 0.220. The van der Waals surface area contributed by atoms with Crippen molar-refractivity contribution in [2.75, 3.05) is 0 Å². The molecular formula is C17H17N5O2. The van der Waals surface area contributed by atoms with Gasteiger partial charge in [0.25, 0.3) is 11.5 Å². The lowest BCUT2D eigenvalue weighted by Gasteiger charge is -2.05. The highest BCUT2D eigenvalue weighted by atomic mass is 16.2. The second-order valence-electron chi connectivity index (χ2n) is 5.44. The number of aryl methyl sites for hydroxylation is 1. The van der Waals surface area contributed by atoms with Crippen LogP contribution in [-0.4, -0.2) is 26.1 Å². The molecular weight excluding hydrogens is 306 g/mol. The van der Waals surface area contributed by atoms with Crippen LogP contribution < -0.4 is 10.9 Å². The molecule has 0 unspecified atom stereocenters. The second-order valence-corrected chi connectivity index (χ2v) is 5.44. The first-order chi connectivity index (χ1) is 11.5. The van der Waals surface area contributed by atoms with E-state index in [0.29, 0.717) is 17.2 Å². The van der Waals surface area contributed by atoms with Gasteiger partial charge in [-0.1, -0.05) is 30.3 Å². The molecule has 2 heterocycles. The van der Waals surface area contributed by atoms with Gasteiger partial charge < -0.3 is 10.3 Å². The Kier molecular flexibility index (Phi) is 4.24. The minimum Gasteiger partial charge on any atom is -0.345 e. The van der Waals surface area contributed by atoms with Crippen molar-refractivity contribution in [1.29, 1.82) is 0 Å². The fourth-order valence-corrected chi connectivity index (χ4v) is 2.49. The molecule has 0 spiro atoms. The minimum absolute atomic E-state index is 0.169. The molecule has 1 amide bonds. The molecule has 7 nitrogen and oxygen atoms in total. The van der Waals surface area contributed by atoms with E-state index in [0.717, 1.165) is 16.8 Å². The lowest BCUT2D eigenvalue weighted by Crippen LogP contribution is -2.25. The van der Waals surface area contributed by atoms with Gasteiger partial charge >= 0.3 is 0 Å². The van der Waals surface area contributed by atoms with Crippen molar-refractivity contribution >= 4 is 5.91 Å². The number of nitrogens with one attached hydrogen (secondary N) is 3. The van der Waals surface area contributed by atoms with E-state index in [1.165, 1.54) is 6.07 Å². The van der Waals surface area contributed by atoms with Crippen LogP contribution in [0.15, 0.2) is 41.2 Å². The van der Waals surface area contributed by atoms with Gasteiger partial charge in [0.05, 0.1) is 17.9 Å². The zero-order chi connectivity index (χ0) is 17.1. The quantitative estimate of drug-likeness (QED) is 0.680. The average Bonchev–Trinajstić information content (AvgIpc) is 2.94. The van der Waals surface area contributed by atoms with Gasteiger partial charge in [0.15, 0.2) is 0 Å². The number of carbonyl (C=O) groups is 1. The number of rotatable bonds is 4. The van der Waals surface area contributed by atoms with Crippen molar-refractivity contribution in [3.8, 4) is 11.3 Å². The SMILES string of the molecule is Cc1nc(CNC(=O)c2[nH]nc(-c3ccccc3)c2C)cc(=O)[nH]1. The fraction of sp³-hybridized carbons (Fsp3) is 0.176. The molecule has 3 N–H and O–H groups in total. The lowest BCUT2D eigenvalue weighted by molar-refractivity contribution is 0.0944. The number of nitrogens with zero attached hydrogens (tertiary/aromatic N) is 2. The number of amides is 1. The predicted octanol–water partition coefficient (Wildman–Crippen LogP) is 1.71. The molecule has 0 bridgehead atoms. The number of aromatic nitrogens is 4. The van der Waals surface area contributed by atoms with Crippen molar-refractivity contribution in [1.82, 2.24) is 25.5 Å². The van der Waals surface area contributed by atoms with E-state index >= 15 is 0 Å². The first-order valence-corrected chi connectivity index (χ1v) is 7.50. The number of aromatic amines is 2. The molecule has 122 valence electrons. The highest BCUT2D eigenvalue weighted by Gasteiger charge is 2.16. The average molecular weight is 323 g/mol. The van der Waals surface area contributed by atoms with Gasteiger partial charge in [-0.05, 0) is 13.8 Å². The van der Waals surface area contributed by atoms with E-state index in [9.17, 15) is 9.59 Å². The summed E-state index contributed by atoms with van der Waals surface area (Å²) in [6, 6.07) is 11.0. The fourth-order valence-electron chi connectivity index (χ4n) is 2.49. The Labute approximate surface area is 138 Å². The second kappa shape index (κ2) is 6.49. The van der Waals surface area contributed by atoms with Crippen LogP contribution in [0.3, 0.4) is 0 Å². The zero-order valence-corrected chi connectivity index (χ0v) is 13.4. The Bertz CT molecular complexity index is 928. The summed E-state index contributed by atoms with van der Waals surface area (Å²) in [4.78, 5) is 30.5. The highest BCUT2D eigenvalue weighted by molar-refractivity contribution is 5.95. The molecule has 2 aromatic heterocycles. The molecule has 7 heteroatoms. The van der Waals surface area contributed by atoms with Crippen LogP contribution in [0.4, 0.5) is 0 Å². The summed E-state index contributed by atoms with van der Waals surface area (Å²) in [5.41, 5.74) is 3.12. The van der Waals surface area contributed by atoms with Gasteiger partial charge in [0.1, 0.15) is 11.5 Å². The van der Waals surface area contributed by atoms with Crippen LogP contribution in [0.2, 0.25) is 0 Å². The van der Waals surface area contributed by atoms with Gasteiger partial charge in [-0.15, -0.1) is 0 Å². The zero-order valence-electron chi connectivity index (χ0n) is 13.4. The topological polar surface area (TPSA) is 104 Å². The van der Waals surface area contributed by atoms with E-state index in [-0.39, 0.29) is 18.0 Å². The molecule has 24 heavy (non-hydrogen) atoms. The molecule has 0 aliphatic heterocycles. The Hall–Kier alpha value is -3.22. The first kappa shape index (κ1) is 15.7. The Morgan fingerprint density at radius 1 is 1.21 bits per heavy atom. The molecule has 0 saturated heterocycles. The van der Waals surface area contributed by atoms with Gasteiger partial charge in [0, 0.05) is 17.2 Å². The van der Waals surface area contributed by atoms with Crippen LogP contribution >= 0.6 is 0 Å². The number of hydrogen-bond acceptors (Lipinski definition) is 4. The maximum absolute atomic E-state index is 12.4. The minimum atomic E-state index is -0.290. The number of carbonyl (C=O) groups excluding carboxylic acids is 1. The molecule has 0 atom stereocenters. The molecule has 0 aliphatic rings. The highest BCUT2D eigenvalue weighted by Crippen LogP contribution is 2.22. The van der Waals surface area contributed by atoms with Crippen molar-refractivity contribution in [2.45, 2.75) is 20.4 Å². The van der Waals surface area contributed by atoms with Gasteiger partial charge in [-0.25, -0.2) is 4.98 Å². The summed E-state index contributed by atoms with van der Waals surface area (Å²) >= 11 is 0. The Balaban J connectivity index is 1.76.